The average molecular weight is 255 g/mol. The first-order chi connectivity index (χ1) is 9.33. The van der Waals surface area contributed by atoms with Gasteiger partial charge in [0.25, 0.3) is 12.4 Å². The van der Waals surface area contributed by atoms with Crippen molar-refractivity contribution in [1.29, 1.82) is 0 Å². The number of hydrazone groups is 1. The van der Waals surface area contributed by atoms with Crippen LogP contribution in [0.2, 0.25) is 0 Å². The number of anilines is 1. The number of nitrogens with two attached hydrogens (primary N) is 1. The number of ether oxygens (including phenoxy) is 1. The highest BCUT2D eigenvalue weighted by molar-refractivity contribution is 5.95. The molecule has 6 heteroatoms. The van der Waals surface area contributed by atoms with Gasteiger partial charge in [-0.1, -0.05) is 5.16 Å². The third-order valence-electron chi connectivity index (χ3n) is 3.37. The summed E-state index contributed by atoms with van der Waals surface area (Å²) in [5.74, 6) is 1.19. The molecular weight excluding hydrogens is 244 g/mol. The van der Waals surface area contributed by atoms with Crippen LogP contribution < -0.4 is 10.5 Å². The topological polar surface area (TPSA) is 76.9 Å². The van der Waals surface area contributed by atoms with Crippen molar-refractivity contribution in [3.05, 3.63) is 29.5 Å². The zero-order valence-corrected chi connectivity index (χ0v) is 10.1. The summed E-state index contributed by atoms with van der Waals surface area (Å²) >= 11 is 0. The van der Waals surface area contributed by atoms with Gasteiger partial charge < -0.3 is 15.0 Å². The summed E-state index contributed by atoms with van der Waals surface area (Å²) in [5.41, 5.74) is 8.77. The number of hydrogen-bond donors (Lipinski definition) is 1. The summed E-state index contributed by atoms with van der Waals surface area (Å²) in [5, 5.41) is 10.6. The molecule has 1 aromatic carbocycles. The fourth-order valence-corrected chi connectivity index (χ4v) is 2.54. The molecule has 0 amide bonds. The van der Waals surface area contributed by atoms with Gasteiger partial charge in [-0.15, -0.1) is 5.10 Å². The van der Waals surface area contributed by atoms with Crippen molar-refractivity contribution in [2.24, 2.45) is 5.10 Å². The molecule has 0 spiro atoms. The van der Waals surface area contributed by atoms with Gasteiger partial charge in [0.1, 0.15) is 11.1 Å². The summed E-state index contributed by atoms with van der Waals surface area (Å²) in [6.07, 6.45) is 7.24. The normalized spacial score (nSPS) is 15.9. The van der Waals surface area contributed by atoms with E-state index in [0.717, 1.165) is 28.7 Å². The van der Waals surface area contributed by atoms with Gasteiger partial charge in [0.2, 0.25) is 0 Å². The van der Waals surface area contributed by atoms with Crippen molar-refractivity contribution in [3.63, 3.8) is 0 Å². The molecule has 2 aliphatic heterocycles. The van der Waals surface area contributed by atoms with Gasteiger partial charge >= 0.3 is 6.08 Å². The predicted molar refractivity (Wildman–Crippen MR) is 69.5 cm³/mol. The lowest BCUT2D eigenvalue weighted by molar-refractivity contribution is 0.360. The quantitative estimate of drug-likeness (QED) is 0.822. The molecule has 94 valence electrons. The molecule has 2 aliphatic rings. The second kappa shape index (κ2) is 3.70. The van der Waals surface area contributed by atoms with E-state index in [-0.39, 0.29) is 0 Å². The van der Waals surface area contributed by atoms with Crippen LogP contribution in [0.1, 0.15) is 11.1 Å². The van der Waals surface area contributed by atoms with E-state index in [2.05, 4.69) is 16.3 Å². The summed E-state index contributed by atoms with van der Waals surface area (Å²) in [7, 11) is 0. The number of hydrogen-bond acceptors (Lipinski definition) is 6. The Labute approximate surface area is 109 Å². The molecule has 0 bridgehead atoms. The van der Waals surface area contributed by atoms with E-state index < -0.39 is 0 Å². The Morgan fingerprint density at radius 1 is 1.47 bits per heavy atom. The molecule has 3 heterocycles. The van der Waals surface area contributed by atoms with Crippen molar-refractivity contribution in [2.45, 2.75) is 13.0 Å². The molecule has 0 atom stereocenters. The van der Waals surface area contributed by atoms with Crippen LogP contribution in [0.15, 0.2) is 21.9 Å². The molecular formula is C13H11N4O2+. The first-order valence-electron chi connectivity index (χ1n) is 6.04. The first kappa shape index (κ1) is 10.3. The number of fused-ring (bicyclic) bond motifs is 3. The molecule has 0 saturated heterocycles. The maximum atomic E-state index is 5.83. The third-order valence-corrected chi connectivity index (χ3v) is 3.37. The number of benzene rings is 1. The zero-order valence-electron chi connectivity index (χ0n) is 10.1. The predicted octanol–water partition coefficient (Wildman–Crippen LogP) is 1.46. The van der Waals surface area contributed by atoms with Crippen LogP contribution in [-0.2, 0) is 13.0 Å². The van der Waals surface area contributed by atoms with Crippen LogP contribution in [0.4, 0.5) is 5.82 Å². The highest BCUT2D eigenvalue weighted by Crippen LogP contribution is 2.40. The molecule has 4 rings (SSSR count). The third kappa shape index (κ3) is 1.47. The van der Waals surface area contributed by atoms with Crippen molar-refractivity contribution in [1.82, 2.24) is 10.2 Å². The van der Waals surface area contributed by atoms with Crippen LogP contribution in [0, 0.1) is 6.08 Å². The SMILES string of the molecule is Nc1noc2cc(CN3C=[C+]C=N3)c3c(c12)OCC3. The van der Waals surface area contributed by atoms with Crippen LogP contribution in [-0.4, -0.2) is 23.0 Å². The molecule has 0 saturated carbocycles. The number of aromatic nitrogens is 1. The Morgan fingerprint density at radius 3 is 3.26 bits per heavy atom. The smallest absolute Gasteiger partial charge is 0.303 e. The molecule has 19 heavy (non-hydrogen) atoms. The first-order valence-corrected chi connectivity index (χ1v) is 6.04. The fraction of sp³-hybridized carbons (Fsp3) is 0.231. The summed E-state index contributed by atoms with van der Waals surface area (Å²) < 4.78 is 10.9. The van der Waals surface area contributed by atoms with Gasteiger partial charge in [-0.05, 0) is 11.6 Å². The van der Waals surface area contributed by atoms with Gasteiger partial charge in [-0.25, -0.2) is 5.01 Å². The highest BCUT2D eigenvalue weighted by atomic mass is 16.5. The Bertz CT molecular complexity index is 705. The van der Waals surface area contributed by atoms with Crippen LogP contribution >= 0.6 is 0 Å². The van der Waals surface area contributed by atoms with Gasteiger partial charge in [0.05, 0.1) is 13.2 Å². The van der Waals surface area contributed by atoms with E-state index in [1.54, 1.807) is 12.4 Å². The van der Waals surface area contributed by atoms with Gasteiger partial charge in [-0.2, -0.15) is 0 Å². The minimum Gasteiger partial charge on any atom is -0.492 e. The maximum absolute atomic E-state index is 5.83. The molecule has 2 aromatic rings. The Balaban J connectivity index is 1.87. The minimum absolute atomic E-state index is 0.382. The van der Waals surface area contributed by atoms with Crippen molar-refractivity contribution in [2.75, 3.05) is 12.3 Å². The molecule has 0 unspecified atom stereocenters. The Morgan fingerprint density at radius 2 is 2.42 bits per heavy atom. The van der Waals surface area contributed by atoms with Crippen LogP contribution in [0.25, 0.3) is 11.0 Å². The van der Waals surface area contributed by atoms with Crippen molar-refractivity contribution >= 4 is 23.0 Å². The van der Waals surface area contributed by atoms with Gasteiger partial charge in [-0.3, -0.25) is 0 Å². The van der Waals surface area contributed by atoms with E-state index in [4.69, 9.17) is 15.0 Å². The van der Waals surface area contributed by atoms with E-state index in [1.165, 1.54) is 0 Å². The van der Waals surface area contributed by atoms with Crippen molar-refractivity contribution < 1.29 is 9.26 Å². The summed E-state index contributed by atoms with van der Waals surface area (Å²) in [4.78, 5) is 0. The number of nitrogen functional groups attached to an aromatic ring is 1. The second-order valence-electron chi connectivity index (χ2n) is 4.52. The van der Waals surface area contributed by atoms with Gasteiger partial charge in [0, 0.05) is 12.0 Å². The van der Waals surface area contributed by atoms with Gasteiger partial charge in [0.15, 0.2) is 11.4 Å². The van der Waals surface area contributed by atoms with Crippen LogP contribution in [0.3, 0.4) is 0 Å². The lowest BCUT2D eigenvalue weighted by Gasteiger charge is -2.11. The summed E-state index contributed by atoms with van der Waals surface area (Å²) in [6.45, 7) is 1.32. The maximum Gasteiger partial charge on any atom is 0.303 e. The Hall–Kier alpha value is -2.59. The number of nitrogens with zero attached hydrogens (tertiary/aromatic N) is 3. The standard InChI is InChI=1S/C13H11N4O2/c14-13-11-10(19-16-13)6-8(7-17-4-1-3-15-17)9-2-5-18-12(9)11/h3-4,6H,2,5,7H2,(H2,14,16)/q+1. The zero-order chi connectivity index (χ0) is 12.8. The average Bonchev–Trinajstić information content (AvgIpc) is 3.09. The van der Waals surface area contributed by atoms with E-state index in [9.17, 15) is 0 Å². The van der Waals surface area contributed by atoms with Crippen LogP contribution in [0.5, 0.6) is 5.75 Å². The Kier molecular flexibility index (Phi) is 2.01. The summed E-state index contributed by atoms with van der Waals surface area (Å²) in [6, 6.07) is 1.97. The highest BCUT2D eigenvalue weighted by Gasteiger charge is 2.25. The van der Waals surface area contributed by atoms with E-state index in [1.807, 2.05) is 11.1 Å². The second-order valence-corrected chi connectivity index (χ2v) is 4.52. The van der Waals surface area contributed by atoms with E-state index >= 15 is 0 Å². The molecule has 1 aromatic heterocycles. The number of rotatable bonds is 2. The number of allylic oxidation sites excluding steroid dienone is 1. The fourth-order valence-electron chi connectivity index (χ4n) is 2.54. The van der Waals surface area contributed by atoms with Crippen molar-refractivity contribution in [3.8, 4) is 5.75 Å². The molecule has 0 radical (unpaired) electrons. The largest absolute Gasteiger partial charge is 0.492 e. The minimum atomic E-state index is 0.382. The molecule has 0 aliphatic carbocycles. The van der Waals surface area contributed by atoms with E-state index in [0.29, 0.717) is 24.6 Å². The lowest BCUT2D eigenvalue weighted by atomic mass is 10.0. The molecule has 0 fully saturated rings. The molecule has 2 N–H and O–H groups in total. The monoisotopic (exact) mass is 255 g/mol. The lowest BCUT2D eigenvalue weighted by Crippen LogP contribution is -2.08. The molecule has 6 nitrogen and oxygen atoms in total.